The Morgan fingerprint density at radius 2 is 2.37 bits per heavy atom. The lowest BCUT2D eigenvalue weighted by molar-refractivity contribution is -0.144. The number of hydrogen-bond donors (Lipinski definition) is 1. The Hall–Kier alpha value is -0.940. The summed E-state index contributed by atoms with van der Waals surface area (Å²) >= 11 is 1.72. The van der Waals surface area contributed by atoms with Gasteiger partial charge in [-0.25, -0.2) is 4.98 Å². The van der Waals surface area contributed by atoms with Crippen LogP contribution in [0.15, 0.2) is 5.38 Å². The summed E-state index contributed by atoms with van der Waals surface area (Å²) in [6.07, 6.45) is 2.96. The Bertz CT molecular complexity index is 433. The molecule has 2 rings (SSSR count). The van der Waals surface area contributed by atoms with Crippen molar-refractivity contribution >= 4 is 17.3 Å². The Balaban J connectivity index is 1.95. The molecule has 1 aliphatic heterocycles. The average Bonchev–Trinajstić information content (AvgIpc) is 2.76. The molecular formula is C14H22N2O2S. The molecule has 0 aliphatic carbocycles. The summed E-state index contributed by atoms with van der Waals surface area (Å²) in [6, 6.07) is 0. The number of likely N-dealkylation sites (tertiary alicyclic amines) is 1. The number of piperidine rings is 1. The van der Waals surface area contributed by atoms with Gasteiger partial charge in [0.15, 0.2) is 0 Å². The summed E-state index contributed by atoms with van der Waals surface area (Å²) < 4.78 is 0. The lowest BCUT2D eigenvalue weighted by Gasteiger charge is -2.34. The van der Waals surface area contributed by atoms with Gasteiger partial charge in [-0.1, -0.05) is 13.8 Å². The second kappa shape index (κ2) is 6.48. The van der Waals surface area contributed by atoms with Crippen LogP contribution >= 0.6 is 11.3 Å². The molecule has 1 aliphatic rings. The van der Waals surface area contributed by atoms with Crippen molar-refractivity contribution in [1.82, 2.24) is 9.88 Å². The molecule has 5 heteroatoms. The van der Waals surface area contributed by atoms with Crippen molar-refractivity contribution in [1.29, 1.82) is 0 Å². The van der Waals surface area contributed by atoms with Crippen LogP contribution in [-0.4, -0.2) is 34.0 Å². The second-order valence-electron chi connectivity index (χ2n) is 5.55. The highest BCUT2D eigenvalue weighted by atomic mass is 32.1. The van der Waals surface area contributed by atoms with E-state index in [1.807, 2.05) is 0 Å². The highest BCUT2D eigenvalue weighted by Crippen LogP contribution is 2.23. The van der Waals surface area contributed by atoms with Gasteiger partial charge in [0.05, 0.1) is 16.6 Å². The number of aliphatic carboxylic acids is 1. The first kappa shape index (κ1) is 14.5. The molecule has 19 heavy (non-hydrogen) atoms. The summed E-state index contributed by atoms with van der Waals surface area (Å²) in [5.41, 5.74) is 1.09. The zero-order chi connectivity index (χ0) is 13.8. The van der Waals surface area contributed by atoms with Crippen molar-refractivity contribution in [3.05, 3.63) is 16.1 Å². The number of carboxylic acids is 1. The van der Waals surface area contributed by atoms with E-state index in [-0.39, 0.29) is 5.92 Å². The molecule has 0 spiro atoms. The smallest absolute Gasteiger partial charge is 0.307 e. The highest BCUT2D eigenvalue weighted by Gasteiger charge is 2.29. The number of aryl methyl sites for hydroxylation is 1. The third-order valence-corrected chi connectivity index (χ3v) is 4.49. The minimum Gasteiger partial charge on any atom is -0.481 e. The molecule has 0 saturated carbocycles. The molecule has 0 amide bonds. The normalized spacial score (nSPS) is 24.5. The summed E-state index contributed by atoms with van der Waals surface area (Å²) in [5.74, 6) is -0.442. The number of nitrogens with zero attached hydrogens (tertiary/aromatic N) is 2. The van der Waals surface area contributed by atoms with Gasteiger partial charge in [-0.05, 0) is 25.2 Å². The van der Waals surface area contributed by atoms with Crippen molar-refractivity contribution in [2.45, 2.75) is 39.7 Å². The number of thiazole rings is 1. The maximum Gasteiger partial charge on any atom is 0.307 e. The van der Waals surface area contributed by atoms with Crippen molar-refractivity contribution in [3.63, 3.8) is 0 Å². The van der Waals surface area contributed by atoms with Crippen molar-refractivity contribution in [2.24, 2.45) is 11.8 Å². The van der Waals surface area contributed by atoms with Gasteiger partial charge in [0, 0.05) is 25.0 Å². The third kappa shape index (κ3) is 4.01. The molecule has 0 radical (unpaired) electrons. The van der Waals surface area contributed by atoms with E-state index in [0.29, 0.717) is 12.5 Å². The van der Waals surface area contributed by atoms with Crippen molar-refractivity contribution < 1.29 is 9.90 Å². The maximum atomic E-state index is 11.1. The van der Waals surface area contributed by atoms with E-state index in [0.717, 1.165) is 38.0 Å². The Kier molecular flexibility index (Phi) is 4.93. The van der Waals surface area contributed by atoms with E-state index in [4.69, 9.17) is 0 Å². The minimum absolute atomic E-state index is 0.225. The van der Waals surface area contributed by atoms with Gasteiger partial charge in [0.2, 0.25) is 0 Å². The molecule has 0 aromatic carbocycles. The van der Waals surface area contributed by atoms with Crippen LogP contribution in [0.3, 0.4) is 0 Å². The van der Waals surface area contributed by atoms with Crippen LogP contribution in [0.25, 0.3) is 0 Å². The van der Waals surface area contributed by atoms with Crippen LogP contribution in [-0.2, 0) is 17.8 Å². The fourth-order valence-corrected chi connectivity index (χ4v) is 3.64. The number of carboxylic acid groups (broad SMARTS) is 1. The van der Waals surface area contributed by atoms with Crippen molar-refractivity contribution in [2.75, 3.05) is 13.1 Å². The van der Waals surface area contributed by atoms with Gasteiger partial charge in [0.1, 0.15) is 0 Å². The molecule has 2 atom stereocenters. The largest absolute Gasteiger partial charge is 0.481 e. The van der Waals surface area contributed by atoms with E-state index < -0.39 is 5.97 Å². The van der Waals surface area contributed by atoms with Gasteiger partial charge in [-0.15, -0.1) is 11.3 Å². The average molecular weight is 282 g/mol. The standard InChI is InChI=1S/C14H22N2O2S/c1-3-4-13-15-12(9-19-13)8-16-6-10(2)5-11(7-16)14(17)18/h9-11H,3-8H2,1-2H3,(H,17,18). The van der Waals surface area contributed by atoms with E-state index >= 15 is 0 Å². The van der Waals surface area contributed by atoms with Gasteiger partial charge in [-0.2, -0.15) is 0 Å². The second-order valence-corrected chi connectivity index (χ2v) is 6.50. The maximum absolute atomic E-state index is 11.1. The monoisotopic (exact) mass is 282 g/mol. The molecule has 1 aromatic rings. The zero-order valence-electron chi connectivity index (χ0n) is 11.6. The van der Waals surface area contributed by atoms with Gasteiger partial charge < -0.3 is 5.11 Å². The molecule has 4 nitrogen and oxygen atoms in total. The molecule has 2 heterocycles. The highest BCUT2D eigenvalue weighted by molar-refractivity contribution is 7.09. The first-order valence-electron chi connectivity index (χ1n) is 6.97. The first-order valence-corrected chi connectivity index (χ1v) is 7.85. The zero-order valence-corrected chi connectivity index (χ0v) is 12.4. The Labute approximate surface area is 118 Å². The topological polar surface area (TPSA) is 53.4 Å². The van der Waals surface area contributed by atoms with Gasteiger partial charge >= 0.3 is 5.97 Å². The summed E-state index contributed by atoms with van der Waals surface area (Å²) in [5, 5.41) is 12.5. The molecule has 106 valence electrons. The predicted octanol–water partition coefficient (Wildman–Crippen LogP) is 2.64. The molecule has 1 fully saturated rings. The quantitative estimate of drug-likeness (QED) is 0.902. The first-order chi connectivity index (χ1) is 9.08. The summed E-state index contributed by atoms with van der Waals surface area (Å²) in [6.45, 7) is 6.70. The molecule has 1 saturated heterocycles. The van der Waals surface area contributed by atoms with Crippen LogP contribution in [0.5, 0.6) is 0 Å². The molecule has 1 N–H and O–H groups in total. The fourth-order valence-electron chi connectivity index (χ4n) is 2.75. The van der Waals surface area contributed by atoms with Crippen LogP contribution < -0.4 is 0 Å². The Morgan fingerprint density at radius 3 is 3.05 bits per heavy atom. The van der Waals surface area contributed by atoms with E-state index in [1.54, 1.807) is 11.3 Å². The molecular weight excluding hydrogens is 260 g/mol. The third-order valence-electron chi connectivity index (χ3n) is 3.53. The summed E-state index contributed by atoms with van der Waals surface area (Å²) in [7, 11) is 0. The van der Waals surface area contributed by atoms with Crippen LogP contribution in [0.4, 0.5) is 0 Å². The summed E-state index contributed by atoms with van der Waals surface area (Å²) in [4.78, 5) is 18.0. The Morgan fingerprint density at radius 1 is 1.58 bits per heavy atom. The van der Waals surface area contributed by atoms with Crippen LogP contribution in [0.1, 0.15) is 37.4 Å². The molecule has 1 aromatic heterocycles. The fraction of sp³-hybridized carbons (Fsp3) is 0.714. The molecule has 2 unspecified atom stereocenters. The van der Waals surface area contributed by atoms with Crippen LogP contribution in [0, 0.1) is 11.8 Å². The number of rotatable bonds is 5. The van der Waals surface area contributed by atoms with E-state index in [9.17, 15) is 9.90 Å². The SMILES string of the molecule is CCCc1nc(CN2CC(C)CC(C(=O)O)C2)cs1. The van der Waals surface area contributed by atoms with E-state index in [2.05, 4.69) is 29.1 Å². The molecule has 0 bridgehead atoms. The van der Waals surface area contributed by atoms with Crippen LogP contribution in [0.2, 0.25) is 0 Å². The van der Waals surface area contributed by atoms with Crippen molar-refractivity contribution in [3.8, 4) is 0 Å². The lowest BCUT2D eigenvalue weighted by Crippen LogP contribution is -2.42. The number of carbonyl (C=O) groups is 1. The lowest BCUT2D eigenvalue weighted by atomic mass is 9.90. The van der Waals surface area contributed by atoms with E-state index in [1.165, 1.54) is 5.01 Å². The predicted molar refractivity (Wildman–Crippen MR) is 76.3 cm³/mol. The number of hydrogen-bond acceptors (Lipinski definition) is 4. The van der Waals surface area contributed by atoms with Gasteiger partial charge in [0.25, 0.3) is 0 Å². The number of aromatic nitrogens is 1. The van der Waals surface area contributed by atoms with Gasteiger partial charge in [-0.3, -0.25) is 9.69 Å². The minimum atomic E-state index is -0.665.